The van der Waals surface area contributed by atoms with Gasteiger partial charge in [0.2, 0.25) is 0 Å². The van der Waals surface area contributed by atoms with E-state index in [1.807, 2.05) is 0 Å². The maximum Gasteiger partial charge on any atom is 0.122 e. The molecule has 0 aromatic carbocycles. The molecule has 0 saturated carbocycles. The summed E-state index contributed by atoms with van der Waals surface area (Å²) in [7, 11) is 0. The number of nitrogens with zero attached hydrogens (tertiary/aromatic N) is 1. The van der Waals surface area contributed by atoms with E-state index in [2.05, 4.69) is 30.9 Å². The number of hydrogen-bond donors (Lipinski definition) is 1. The van der Waals surface area contributed by atoms with E-state index in [4.69, 9.17) is 10.2 Å². The average molecular weight is 250 g/mol. The minimum atomic E-state index is 0.260. The molecular formula is C15H26N2O. The predicted octanol–water partition coefficient (Wildman–Crippen LogP) is 2.96. The molecule has 2 heterocycles. The van der Waals surface area contributed by atoms with Gasteiger partial charge < -0.3 is 10.2 Å². The SMILES string of the molecule is CCc1ccc(C(CN)N2CCCC(C)CC2)o1. The average Bonchev–Trinajstić information content (AvgIpc) is 2.75. The van der Waals surface area contributed by atoms with Gasteiger partial charge in [0.05, 0.1) is 6.04 Å². The van der Waals surface area contributed by atoms with Crippen LogP contribution in [-0.4, -0.2) is 24.5 Å². The van der Waals surface area contributed by atoms with Crippen LogP contribution in [0.1, 0.15) is 50.7 Å². The van der Waals surface area contributed by atoms with Crippen molar-refractivity contribution in [3.63, 3.8) is 0 Å². The number of aryl methyl sites for hydroxylation is 1. The zero-order valence-corrected chi connectivity index (χ0v) is 11.7. The van der Waals surface area contributed by atoms with Crippen LogP contribution < -0.4 is 5.73 Å². The summed E-state index contributed by atoms with van der Waals surface area (Å²) >= 11 is 0. The Hall–Kier alpha value is -0.800. The highest BCUT2D eigenvalue weighted by atomic mass is 16.3. The Labute approximate surface area is 110 Å². The van der Waals surface area contributed by atoms with Crippen molar-refractivity contribution in [2.75, 3.05) is 19.6 Å². The Morgan fingerprint density at radius 2 is 2.22 bits per heavy atom. The minimum Gasteiger partial charge on any atom is -0.464 e. The van der Waals surface area contributed by atoms with Gasteiger partial charge in [-0.3, -0.25) is 4.90 Å². The second-order valence-electron chi connectivity index (χ2n) is 5.48. The highest BCUT2D eigenvalue weighted by Gasteiger charge is 2.24. The van der Waals surface area contributed by atoms with E-state index in [0.29, 0.717) is 6.54 Å². The monoisotopic (exact) mass is 250 g/mol. The lowest BCUT2D eigenvalue weighted by Gasteiger charge is -2.28. The molecule has 1 fully saturated rings. The number of hydrogen-bond acceptors (Lipinski definition) is 3. The second kappa shape index (κ2) is 6.39. The molecule has 0 spiro atoms. The molecule has 1 aromatic rings. The van der Waals surface area contributed by atoms with Gasteiger partial charge in [-0.05, 0) is 50.4 Å². The van der Waals surface area contributed by atoms with Crippen molar-refractivity contribution in [2.24, 2.45) is 11.7 Å². The maximum atomic E-state index is 5.97. The van der Waals surface area contributed by atoms with Gasteiger partial charge in [0.25, 0.3) is 0 Å². The molecule has 2 rings (SSSR count). The fraction of sp³-hybridized carbons (Fsp3) is 0.733. The van der Waals surface area contributed by atoms with Crippen LogP contribution in [0.4, 0.5) is 0 Å². The van der Waals surface area contributed by atoms with E-state index in [9.17, 15) is 0 Å². The molecule has 1 aliphatic rings. The standard InChI is InChI=1S/C15H26N2O/c1-3-13-6-7-15(18-13)14(11-16)17-9-4-5-12(2)8-10-17/h6-7,12,14H,3-5,8-11,16H2,1-2H3. The first-order chi connectivity index (χ1) is 8.74. The molecule has 3 heteroatoms. The zero-order chi connectivity index (χ0) is 13.0. The quantitative estimate of drug-likeness (QED) is 0.893. The molecule has 1 aromatic heterocycles. The third-order valence-corrected chi connectivity index (χ3v) is 4.07. The summed E-state index contributed by atoms with van der Waals surface area (Å²) in [6.07, 6.45) is 4.84. The molecule has 102 valence electrons. The van der Waals surface area contributed by atoms with Crippen LogP contribution in [-0.2, 0) is 6.42 Å². The van der Waals surface area contributed by atoms with E-state index >= 15 is 0 Å². The van der Waals surface area contributed by atoms with Crippen molar-refractivity contribution in [1.82, 2.24) is 4.90 Å². The fourth-order valence-corrected chi connectivity index (χ4v) is 2.81. The van der Waals surface area contributed by atoms with Crippen molar-refractivity contribution < 1.29 is 4.42 Å². The van der Waals surface area contributed by atoms with Crippen LogP contribution in [0.25, 0.3) is 0 Å². The smallest absolute Gasteiger partial charge is 0.122 e. The van der Waals surface area contributed by atoms with Crippen molar-refractivity contribution in [1.29, 1.82) is 0 Å². The first-order valence-electron chi connectivity index (χ1n) is 7.27. The molecule has 2 unspecified atom stereocenters. The van der Waals surface area contributed by atoms with E-state index in [1.54, 1.807) is 0 Å². The Morgan fingerprint density at radius 1 is 1.39 bits per heavy atom. The lowest BCUT2D eigenvalue weighted by Crippen LogP contribution is -2.34. The highest BCUT2D eigenvalue weighted by Crippen LogP contribution is 2.26. The van der Waals surface area contributed by atoms with Crippen LogP contribution >= 0.6 is 0 Å². The molecule has 1 aliphatic heterocycles. The van der Waals surface area contributed by atoms with E-state index in [0.717, 1.165) is 36.9 Å². The summed E-state index contributed by atoms with van der Waals surface area (Å²) in [5.41, 5.74) is 5.97. The van der Waals surface area contributed by atoms with Crippen molar-refractivity contribution in [3.05, 3.63) is 23.7 Å². The van der Waals surface area contributed by atoms with Gasteiger partial charge in [-0.1, -0.05) is 13.8 Å². The third-order valence-electron chi connectivity index (χ3n) is 4.07. The lowest BCUT2D eigenvalue weighted by atomic mass is 10.0. The van der Waals surface area contributed by atoms with Gasteiger partial charge in [0.15, 0.2) is 0 Å². The van der Waals surface area contributed by atoms with E-state index in [-0.39, 0.29) is 6.04 Å². The molecule has 3 nitrogen and oxygen atoms in total. The van der Waals surface area contributed by atoms with E-state index in [1.165, 1.54) is 19.3 Å². The molecule has 0 bridgehead atoms. The number of furan rings is 1. The maximum absolute atomic E-state index is 5.97. The van der Waals surface area contributed by atoms with Crippen LogP contribution in [0.3, 0.4) is 0 Å². The first-order valence-corrected chi connectivity index (χ1v) is 7.27. The number of rotatable bonds is 4. The molecule has 1 saturated heterocycles. The Morgan fingerprint density at radius 3 is 2.89 bits per heavy atom. The lowest BCUT2D eigenvalue weighted by molar-refractivity contribution is 0.182. The van der Waals surface area contributed by atoms with Gasteiger partial charge in [-0.15, -0.1) is 0 Å². The van der Waals surface area contributed by atoms with Crippen LogP contribution in [0.5, 0.6) is 0 Å². The summed E-state index contributed by atoms with van der Waals surface area (Å²) in [6, 6.07) is 4.44. The molecular weight excluding hydrogens is 224 g/mol. The molecule has 18 heavy (non-hydrogen) atoms. The summed E-state index contributed by atoms with van der Waals surface area (Å²) in [6.45, 7) is 7.40. The van der Waals surface area contributed by atoms with Crippen molar-refractivity contribution in [2.45, 2.75) is 45.6 Å². The topological polar surface area (TPSA) is 42.4 Å². The predicted molar refractivity (Wildman–Crippen MR) is 74.5 cm³/mol. The van der Waals surface area contributed by atoms with Crippen molar-refractivity contribution >= 4 is 0 Å². The van der Waals surface area contributed by atoms with Gasteiger partial charge in [0, 0.05) is 13.0 Å². The molecule has 0 aliphatic carbocycles. The highest BCUT2D eigenvalue weighted by molar-refractivity contribution is 5.11. The minimum absolute atomic E-state index is 0.260. The zero-order valence-electron chi connectivity index (χ0n) is 11.7. The Bertz CT molecular complexity index is 361. The molecule has 0 amide bonds. The summed E-state index contributed by atoms with van der Waals surface area (Å²) in [5.74, 6) is 2.95. The van der Waals surface area contributed by atoms with Gasteiger partial charge in [-0.2, -0.15) is 0 Å². The summed E-state index contributed by atoms with van der Waals surface area (Å²) < 4.78 is 5.89. The fourth-order valence-electron chi connectivity index (χ4n) is 2.81. The number of likely N-dealkylation sites (tertiary alicyclic amines) is 1. The molecule has 0 radical (unpaired) electrons. The Balaban J connectivity index is 2.07. The van der Waals surface area contributed by atoms with Gasteiger partial charge in [0.1, 0.15) is 11.5 Å². The number of nitrogens with two attached hydrogens (primary N) is 1. The molecule has 2 N–H and O–H groups in total. The van der Waals surface area contributed by atoms with E-state index < -0.39 is 0 Å². The normalized spacial score (nSPS) is 23.8. The van der Waals surface area contributed by atoms with Gasteiger partial charge >= 0.3 is 0 Å². The summed E-state index contributed by atoms with van der Waals surface area (Å²) in [5, 5.41) is 0. The van der Waals surface area contributed by atoms with Crippen LogP contribution in [0.2, 0.25) is 0 Å². The second-order valence-corrected chi connectivity index (χ2v) is 5.48. The largest absolute Gasteiger partial charge is 0.464 e. The van der Waals surface area contributed by atoms with Crippen LogP contribution in [0, 0.1) is 5.92 Å². The Kier molecular flexibility index (Phi) is 4.84. The molecule has 2 atom stereocenters. The summed E-state index contributed by atoms with van der Waals surface area (Å²) in [4.78, 5) is 2.50. The third kappa shape index (κ3) is 3.15. The van der Waals surface area contributed by atoms with Gasteiger partial charge in [-0.25, -0.2) is 0 Å². The van der Waals surface area contributed by atoms with Crippen molar-refractivity contribution in [3.8, 4) is 0 Å². The first kappa shape index (κ1) is 13.6. The van der Waals surface area contributed by atoms with Crippen LogP contribution in [0.15, 0.2) is 16.5 Å².